The van der Waals surface area contributed by atoms with Crippen LogP contribution in [0.1, 0.15) is 6.92 Å². The number of likely N-dealkylation sites (N-methyl/N-ethyl adjacent to an activating group) is 1. The summed E-state index contributed by atoms with van der Waals surface area (Å²) in [7, 11) is 0. The van der Waals surface area contributed by atoms with Crippen LogP contribution in [0.2, 0.25) is 0 Å². The van der Waals surface area contributed by atoms with Crippen LogP contribution in [-0.2, 0) is 0 Å². The van der Waals surface area contributed by atoms with Gasteiger partial charge in [0.05, 0.1) is 5.69 Å². The molecular weight excluding hydrogens is 281 g/mol. The summed E-state index contributed by atoms with van der Waals surface area (Å²) < 4.78 is 14.1. The lowest BCUT2D eigenvalue weighted by Crippen LogP contribution is -2.46. The normalized spacial score (nSPS) is 14.8. The van der Waals surface area contributed by atoms with Gasteiger partial charge in [-0.3, -0.25) is 0 Å². The molecule has 0 aliphatic carbocycles. The maximum absolute atomic E-state index is 14.1. The summed E-state index contributed by atoms with van der Waals surface area (Å²) in [6, 6.07) is 8.39. The molecule has 0 aromatic heterocycles. The molecule has 1 saturated heterocycles. The molecule has 0 unspecified atom stereocenters. The van der Waals surface area contributed by atoms with Gasteiger partial charge in [0.25, 0.3) is 0 Å². The van der Waals surface area contributed by atoms with Crippen LogP contribution in [0.5, 0.6) is 0 Å². The number of nitriles is 2. The number of nitrogens with one attached hydrogen (secondary N) is 1. The second-order valence-electron chi connectivity index (χ2n) is 5.01. The SMILES string of the molecule is CCN1CCN(c2ccc(NC=C(C#N)C#N)c(F)c2)CC1. The van der Waals surface area contributed by atoms with Gasteiger partial charge in [-0.2, -0.15) is 10.5 Å². The first-order valence-corrected chi connectivity index (χ1v) is 7.21. The Morgan fingerprint density at radius 3 is 2.50 bits per heavy atom. The van der Waals surface area contributed by atoms with Crippen LogP contribution in [0.15, 0.2) is 30.0 Å². The van der Waals surface area contributed by atoms with Crippen molar-refractivity contribution in [1.29, 1.82) is 10.5 Å². The summed E-state index contributed by atoms with van der Waals surface area (Å²) in [6.07, 6.45) is 1.21. The molecular formula is C16H18FN5. The Bertz CT molecular complexity index is 617. The first-order valence-electron chi connectivity index (χ1n) is 7.21. The van der Waals surface area contributed by atoms with Crippen LogP contribution < -0.4 is 10.2 Å². The molecule has 1 aliphatic rings. The summed E-state index contributed by atoms with van der Waals surface area (Å²) in [6.45, 7) is 6.90. The summed E-state index contributed by atoms with van der Waals surface area (Å²) in [5.41, 5.74) is 1.00. The largest absolute Gasteiger partial charge is 0.369 e. The van der Waals surface area contributed by atoms with Gasteiger partial charge in [0.1, 0.15) is 23.5 Å². The Hall–Kier alpha value is -2.57. The fraction of sp³-hybridized carbons (Fsp3) is 0.375. The number of anilines is 2. The van der Waals surface area contributed by atoms with Gasteiger partial charge in [-0.15, -0.1) is 0 Å². The van der Waals surface area contributed by atoms with Crippen LogP contribution in [0.25, 0.3) is 0 Å². The third-order valence-electron chi connectivity index (χ3n) is 3.75. The zero-order chi connectivity index (χ0) is 15.9. The number of piperazine rings is 1. The van der Waals surface area contributed by atoms with Crippen molar-refractivity contribution in [3.8, 4) is 12.1 Å². The number of hydrogen-bond acceptors (Lipinski definition) is 5. The van der Waals surface area contributed by atoms with Gasteiger partial charge in [-0.05, 0) is 24.7 Å². The summed E-state index contributed by atoms with van der Waals surface area (Å²) in [5, 5.41) is 19.9. The van der Waals surface area contributed by atoms with Crippen molar-refractivity contribution >= 4 is 11.4 Å². The molecule has 1 aromatic rings. The second-order valence-corrected chi connectivity index (χ2v) is 5.01. The molecule has 1 fully saturated rings. The smallest absolute Gasteiger partial charge is 0.148 e. The highest BCUT2D eigenvalue weighted by molar-refractivity contribution is 5.58. The minimum absolute atomic E-state index is 0.0980. The van der Waals surface area contributed by atoms with E-state index in [0.717, 1.165) is 38.4 Å². The van der Waals surface area contributed by atoms with Crippen molar-refractivity contribution in [3.05, 3.63) is 35.8 Å². The van der Waals surface area contributed by atoms with Gasteiger partial charge in [0.2, 0.25) is 0 Å². The fourth-order valence-electron chi connectivity index (χ4n) is 2.38. The third kappa shape index (κ3) is 3.75. The topological polar surface area (TPSA) is 66.1 Å². The van der Waals surface area contributed by atoms with E-state index in [9.17, 15) is 4.39 Å². The molecule has 1 aliphatic heterocycles. The maximum atomic E-state index is 14.1. The lowest BCUT2D eigenvalue weighted by Gasteiger charge is -2.35. The van der Waals surface area contributed by atoms with Crippen molar-refractivity contribution in [3.63, 3.8) is 0 Å². The lowest BCUT2D eigenvalue weighted by atomic mass is 10.2. The van der Waals surface area contributed by atoms with Crippen molar-refractivity contribution < 1.29 is 4.39 Å². The van der Waals surface area contributed by atoms with E-state index in [2.05, 4.69) is 22.0 Å². The third-order valence-corrected chi connectivity index (χ3v) is 3.75. The van der Waals surface area contributed by atoms with Gasteiger partial charge in [0, 0.05) is 38.1 Å². The average molecular weight is 299 g/mol. The first kappa shape index (κ1) is 15.8. The van der Waals surface area contributed by atoms with Gasteiger partial charge >= 0.3 is 0 Å². The quantitative estimate of drug-likeness (QED) is 0.864. The average Bonchev–Trinajstić information content (AvgIpc) is 2.57. The molecule has 1 aromatic carbocycles. The Kier molecular flexibility index (Phi) is 5.35. The minimum atomic E-state index is -0.401. The monoisotopic (exact) mass is 299 g/mol. The highest BCUT2D eigenvalue weighted by Crippen LogP contribution is 2.23. The van der Waals surface area contributed by atoms with E-state index in [1.807, 2.05) is 6.07 Å². The van der Waals surface area contributed by atoms with Gasteiger partial charge in [-0.1, -0.05) is 6.92 Å². The number of hydrogen-bond donors (Lipinski definition) is 1. The van der Waals surface area contributed by atoms with Gasteiger partial charge < -0.3 is 15.1 Å². The van der Waals surface area contributed by atoms with Gasteiger partial charge in [0.15, 0.2) is 0 Å². The van der Waals surface area contributed by atoms with E-state index in [1.54, 1.807) is 18.2 Å². The minimum Gasteiger partial charge on any atom is -0.369 e. The molecule has 0 spiro atoms. The molecule has 0 saturated carbocycles. The Balaban J connectivity index is 2.06. The zero-order valence-corrected chi connectivity index (χ0v) is 12.5. The number of benzene rings is 1. The van der Waals surface area contributed by atoms with Crippen molar-refractivity contribution in [1.82, 2.24) is 4.90 Å². The number of halogens is 1. The molecule has 0 bridgehead atoms. The molecule has 2 rings (SSSR count). The summed E-state index contributed by atoms with van der Waals surface area (Å²) in [4.78, 5) is 4.52. The molecule has 1 heterocycles. The first-order chi connectivity index (χ1) is 10.7. The van der Waals surface area contributed by atoms with Crippen LogP contribution in [0, 0.1) is 28.5 Å². The van der Waals surface area contributed by atoms with Crippen molar-refractivity contribution in [2.24, 2.45) is 0 Å². The lowest BCUT2D eigenvalue weighted by molar-refractivity contribution is 0.271. The molecule has 0 atom stereocenters. The molecule has 5 nitrogen and oxygen atoms in total. The van der Waals surface area contributed by atoms with E-state index in [4.69, 9.17) is 10.5 Å². The highest BCUT2D eigenvalue weighted by atomic mass is 19.1. The number of nitrogens with zero attached hydrogens (tertiary/aromatic N) is 4. The molecule has 114 valence electrons. The Morgan fingerprint density at radius 2 is 1.95 bits per heavy atom. The number of rotatable bonds is 4. The summed E-state index contributed by atoms with van der Waals surface area (Å²) in [5.74, 6) is -0.401. The predicted molar refractivity (Wildman–Crippen MR) is 83.7 cm³/mol. The van der Waals surface area contributed by atoms with E-state index >= 15 is 0 Å². The van der Waals surface area contributed by atoms with E-state index in [1.165, 1.54) is 12.3 Å². The zero-order valence-electron chi connectivity index (χ0n) is 12.5. The number of allylic oxidation sites excluding steroid dienone is 1. The van der Waals surface area contributed by atoms with E-state index in [0.29, 0.717) is 0 Å². The molecule has 1 N–H and O–H groups in total. The van der Waals surface area contributed by atoms with Crippen molar-refractivity contribution in [2.75, 3.05) is 42.9 Å². The standard InChI is InChI=1S/C16H18FN5/c1-2-21-5-7-22(8-6-21)14-3-4-16(15(17)9-14)20-12-13(10-18)11-19/h3-4,9,12,20H,2,5-8H2,1H3. The van der Waals surface area contributed by atoms with Gasteiger partial charge in [-0.25, -0.2) is 4.39 Å². The second kappa shape index (κ2) is 7.44. The Morgan fingerprint density at radius 1 is 1.27 bits per heavy atom. The van der Waals surface area contributed by atoms with Crippen molar-refractivity contribution in [2.45, 2.75) is 6.92 Å². The van der Waals surface area contributed by atoms with E-state index in [-0.39, 0.29) is 11.3 Å². The van der Waals surface area contributed by atoms with Crippen LogP contribution in [-0.4, -0.2) is 37.6 Å². The predicted octanol–water partition coefficient (Wildman–Crippen LogP) is 2.31. The highest BCUT2D eigenvalue weighted by Gasteiger charge is 2.16. The molecule has 22 heavy (non-hydrogen) atoms. The van der Waals surface area contributed by atoms with E-state index < -0.39 is 5.82 Å². The molecule has 0 amide bonds. The molecule has 0 radical (unpaired) electrons. The van der Waals surface area contributed by atoms with Crippen LogP contribution >= 0.6 is 0 Å². The van der Waals surface area contributed by atoms with Crippen LogP contribution in [0.3, 0.4) is 0 Å². The maximum Gasteiger partial charge on any atom is 0.148 e. The van der Waals surface area contributed by atoms with Crippen LogP contribution in [0.4, 0.5) is 15.8 Å². The molecule has 6 heteroatoms. The fourth-order valence-corrected chi connectivity index (χ4v) is 2.38. The summed E-state index contributed by atoms with van der Waals surface area (Å²) >= 11 is 0. The Labute approximate surface area is 129 Å².